The van der Waals surface area contributed by atoms with Gasteiger partial charge in [-0.15, -0.1) is 0 Å². The molecule has 20 heavy (non-hydrogen) atoms. The standard InChI is InChI=1S/C16H18ClNO2/c1-19-16-7-4-13(10-15(16)17)11-20-14-5-2-12(3-6-14)8-9-18/h2-7,10H,8-9,11,18H2,1H3. The van der Waals surface area contributed by atoms with Gasteiger partial charge in [0.15, 0.2) is 0 Å². The maximum Gasteiger partial charge on any atom is 0.137 e. The number of halogens is 1. The van der Waals surface area contributed by atoms with E-state index in [9.17, 15) is 0 Å². The zero-order chi connectivity index (χ0) is 14.4. The Hall–Kier alpha value is -1.71. The molecule has 0 aromatic heterocycles. The summed E-state index contributed by atoms with van der Waals surface area (Å²) in [6, 6.07) is 13.6. The van der Waals surface area contributed by atoms with Gasteiger partial charge in [0, 0.05) is 0 Å². The molecule has 0 aliphatic carbocycles. The van der Waals surface area contributed by atoms with Crippen molar-refractivity contribution < 1.29 is 9.47 Å². The predicted molar refractivity (Wildman–Crippen MR) is 81.5 cm³/mol. The number of benzene rings is 2. The Balaban J connectivity index is 1.96. The van der Waals surface area contributed by atoms with E-state index < -0.39 is 0 Å². The van der Waals surface area contributed by atoms with Gasteiger partial charge in [-0.1, -0.05) is 29.8 Å². The van der Waals surface area contributed by atoms with Crippen LogP contribution in [0.2, 0.25) is 5.02 Å². The minimum absolute atomic E-state index is 0.472. The SMILES string of the molecule is COc1ccc(COc2ccc(CCN)cc2)cc1Cl. The first kappa shape index (κ1) is 14.7. The average molecular weight is 292 g/mol. The smallest absolute Gasteiger partial charge is 0.137 e. The van der Waals surface area contributed by atoms with E-state index >= 15 is 0 Å². The molecule has 0 aliphatic rings. The van der Waals surface area contributed by atoms with Gasteiger partial charge in [0.25, 0.3) is 0 Å². The van der Waals surface area contributed by atoms with E-state index in [1.807, 2.05) is 42.5 Å². The lowest BCUT2D eigenvalue weighted by atomic mass is 10.1. The van der Waals surface area contributed by atoms with Crippen molar-refractivity contribution in [3.8, 4) is 11.5 Å². The molecule has 2 rings (SSSR count). The van der Waals surface area contributed by atoms with Crippen molar-refractivity contribution in [1.82, 2.24) is 0 Å². The number of rotatable bonds is 6. The van der Waals surface area contributed by atoms with Gasteiger partial charge >= 0.3 is 0 Å². The van der Waals surface area contributed by atoms with E-state index in [4.69, 9.17) is 26.8 Å². The molecule has 0 heterocycles. The Bertz CT molecular complexity index is 555. The Morgan fingerprint density at radius 2 is 1.75 bits per heavy atom. The van der Waals surface area contributed by atoms with Gasteiger partial charge in [-0.2, -0.15) is 0 Å². The molecular weight excluding hydrogens is 274 g/mol. The number of ether oxygens (including phenoxy) is 2. The van der Waals surface area contributed by atoms with Crippen LogP contribution in [-0.2, 0) is 13.0 Å². The van der Waals surface area contributed by atoms with E-state index in [0.29, 0.717) is 23.9 Å². The second-order valence-corrected chi connectivity index (χ2v) is 4.85. The lowest BCUT2D eigenvalue weighted by Gasteiger charge is -2.09. The summed E-state index contributed by atoms with van der Waals surface area (Å²) in [4.78, 5) is 0. The summed E-state index contributed by atoms with van der Waals surface area (Å²) >= 11 is 6.07. The van der Waals surface area contributed by atoms with Crippen molar-refractivity contribution in [2.75, 3.05) is 13.7 Å². The third kappa shape index (κ3) is 3.89. The Kier molecular flexibility index (Phi) is 5.27. The number of methoxy groups -OCH3 is 1. The first-order valence-corrected chi connectivity index (χ1v) is 6.85. The highest BCUT2D eigenvalue weighted by Gasteiger charge is 2.02. The largest absolute Gasteiger partial charge is 0.495 e. The minimum Gasteiger partial charge on any atom is -0.495 e. The number of hydrogen-bond acceptors (Lipinski definition) is 3. The number of nitrogens with two attached hydrogens (primary N) is 1. The minimum atomic E-state index is 0.472. The Morgan fingerprint density at radius 1 is 1.05 bits per heavy atom. The second-order valence-electron chi connectivity index (χ2n) is 4.44. The van der Waals surface area contributed by atoms with Gasteiger partial charge in [0.2, 0.25) is 0 Å². The summed E-state index contributed by atoms with van der Waals surface area (Å²) in [6.45, 7) is 1.13. The van der Waals surface area contributed by atoms with Crippen LogP contribution in [0.4, 0.5) is 0 Å². The van der Waals surface area contributed by atoms with Gasteiger partial charge in [-0.25, -0.2) is 0 Å². The molecule has 0 saturated heterocycles. The van der Waals surface area contributed by atoms with E-state index in [0.717, 1.165) is 17.7 Å². The maximum absolute atomic E-state index is 6.07. The fourth-order valence-corrected chi connectivity index (χ4v) is 2.17. The fraction of sp³-hybridized carbons (Fsp3) is 0.250. The maximum atomic E-state index is 6.07. The topological polar surface area (TPSA) is 44.5 Å². The molecule has 0 spiro atoms. The summed E-state index contributed by atoms with van der Waals surface area (Å²) in [6.07, 6.45) is 0.883. The molecule has 0 amide bonds. The normalized spacial score (nSPS) is 10.3. The molecular formula is C16H18ClNO2. The molecule has 0 saturated carbocycles. The van der Waals surface area contributed by atoms with Crippen molar-refractivity contribution in [3.63, 3.8) is 0 Å². The molecule has 0 aliphatic heterocycles. The Morgan fingerprint density at radius 3 is 2.35 bits per heavy atom. The van der Waals surface area contributed by atoms with Crippen LogP contribution in [0.3, 0.4) is 0 Å². The van der Waals surface area contributed by atoms with E-state index in [2.05, 4.69) is 0 Å². The van der Waals surface area contributed by atoms with Gasteiger partial charge in [-0.3, -0.25) is 0 Å². The van der Waals surface area contributed by atoms with Crippen LogP contribution in [0.15, 0.2) is 42.5 Å². The summed E-state index contributed by atoms with van der Waals surface area (Å²) in [7, 11) is 1.60. The number of hydrogen-bond donors (Lipinski definition) is 1. The van der Waals surface area contributed by atoms with Crippen LogP contribution in [0.5, 0.6) is 11.5 Å². The van der Waals surface area contributed by atoms with Crippen LogP contribution < -0.4 is 15.2 Å². The highest BCUT2D eigenvalue weighted by molar-refractivity contribution is 6.32. The lowest BCUT2D eigenvalue weighted by molar-refractivity contribution is 0.306. The molecule has 3 nitrogen and oxygen atoms in total. The fourth-order valence-electron chi connectivity index (χ4n) is 1.89. The van der Waals surface area contributed by atoms with Crippen molar-refractivity contribution in [2.45, 2.75) is 13.0 Å². The molecule has 2 N–H and O–H groups in total. The van der Waals surface area contributed by atoms with Crippen LogP contribution in [-0.4, -0.2) is 13.7 Å². The van der Waals surface area contributed by atoms with Crippen LogP contribution in [0, 0.1) is 0 Å². The molecule has 0 radical (unpaired) electrons. The highest BCUT2D eigenvalue weighted by atomic mass is 35.5. The van der Waals surface area contributed by atoms with Crippen LogP contribution in [0.1, 0.15) is 11.1 Å². The highest BCUT2D eigenvalue weighted by Crippen LogP contribution is 2.25. The van der Waals surface area contributed by atoms with E-state index in [-0.39, 0.29) is 0 Å². The van der Waals surface area contributed by atoms with Gasteiger partial charge in [0.1, 0.15) is 18.1 Å². The summed E-state index contributed by atoms with van der Waals surface area (Å²) in [5, 5.41) is 0.590. The van der Waals surface area contributed by atoms with Crippen molar-refractivity contribution in [3.05, 3.63) is 58.6 Å². The van der Waals surface area contributed by atoms with E-state index in [1.54, 1.807) is 7.11 Å². The monoisotopic (exact) mass is 291 g/mol. The average Bonchev–Trinajstić information content (AvgIpc) is 2.47. The van der Waals surface area contributed by atoms with Gasteiger partial charge in [-0.05, 0) is 48.4 Å². The molecule has 2 aromatic carbocycles. The molecule has 106 valence electrons. The van der Waals surface area contributed by atoms with Crippen LogP contribution >= 0.6 is 11.6 Å². The van der Waals surface area contributed by atoms with Crippen LogP contribution in [0.25, 0.3) is 0 Å². The molecule has 0 unspecified atom stereocenters. The molecule has 0 bridgehead atoms. The molecule has 0 fully saturated rings. The summed E-state index contributed by atoms with van der Waals surface area (Å²) in [5.41, 5.74) is 7.73. The Labute approximate surface area is 124 Å². The zero-order valence-corrected chi connectivity index (χ0v) is 12.2. The predicted octanol–water partition coefficient (Wildman–Crippen LogP) is 3.43. The molecule has 2 aromatic rings. The third-order valence-electron chi connectivity index (χ3n) is 2.98. The zero-order valence-electron chi connectivity index (χ0n) is 11.4. The lowest BCUT2D eigenvalue weighted by Crippen LogP contribution is -2.02. The summed E-state index contributed by atoms with van der Waals surface area (Å²) < 4.78 is 10.8. The van der Waals surface area contributed by atoms with Crippen molar-refractivity contribution >= 4 is 11.6 Å². The van der Waals surface area contributed by atoms with E-state index in [1.165, 1.54) is 5.56 Å². The van der Waals surface area contributed by atoms with Crippen molar-refractivity contribution in [1.29, 1.82) is 0 Å². The van der Waals surface area contributed by atoms with Gasteiger partial charge in [0.05, 0.1) is 12.1 Å². The molecule has 4 heteroatoms. The van der Waals surface area contributed by atoms with Gasteiger partial charge < -0.3 is 15.2 Å². The molecule has 0 atom stereocenters. The van der Waals surface area contributed by atoms with Crippen molar-refractivity contribution in [2.24, 2.45) is 5.73 Å². The first-order valence-electron chi connectivity index (χ1n) is 6.47. The first-order chi connectivity index (χ1) is 9.72. The summed E-state index contributed by atoms with van der Waals surface area (Å²) in [5.74, 6) is 1.50. The second kappa shape index (κ2) is 7.17. The third-order valence-corrected chi connectivity index (χ3v) is 3.27. The quantitative estimate of drug-likeness (QED) is 0.887.